The maximum Gasteiger partial charge on any atom is 0.317 e. The fourth-order valence-electron chi connectivity index (χ4n) is 2.09. The molecule has 0 aromatic heterocycles. The minimum Gasteiger partial charge on any atom is -0.481 e. The molecule has 0 aliphatic rings. The molecule has 0 aliphatic heterocycles. The fraction of sp³-hybridized carbons (Fsp3) is 0.500. The van der Waals surface area contributed by atoms with E-state index in [1.807, 2.05) is 38.1 Å². The van der Waals surface area contributed by atoms with E-state index in [1.165, 1.54) is 0 Å². The highest BCUT2D eigenvalue weighted by Crippen LogP contribution is 2.10. The van der Waals surface area contributed by atoms with Gasteiger partial charge in [-0.2, -0.15) is 0 Å². The maximum absolute atomic E-state index is 12.0. The lowest BCUT2D eigenvalue weighted by Crippen LogP contribution is -2.39. The Hall–Kier alpha value is -2.04. The lowest BCUT2D eigenvalue weighted by atomic mass is 10.0. The molecule has 2 N–H and O–H groups in total. The molecule has 1 rings (SSSR count). The summed E-state index contributed by atoms with van der Waals surface area (Å²) in [5, 5.41) is 11.6. The highest BCUT2D eigenvalue weighted by molar-refractivity contribution is 5.74. The summed E-state index contributed by atoms with van der Waals surface area (Å²) < 4.78 is 0. The molecule has 2 amide bonds. The molecule has 5 nitrogen and oxygen atoms in total. The van der Waals surface area contributed by atoms with Crippen LogP contribution < -0.4 is 5.32 Å². The average molecular weight is 292 g/mol. The number of aryl methyl sites for hydroxylation is 1. The summed E-state index contributed by atoms with van der Waals surface area (Å²) in [7, 11) is 1.74. The molecule has 0 fully saturated rings. The van der Waals surface area contributed by atoms with Gasteiger partial charge in [-0.1, -0.05) is 37.6 Å². The monoisotopic (exact) mass is 292 g/mol. The molecular weight excluding hydrogens is 268 g/mol. The summed E-state index contributed by atoms with van der Waals surface area (Å²) in [6.07, 6.45) is 0.812. The number of aliphatic carboxylic acids is 1. The number of carboxylic acid groups (broad SMARTS) is 1. The second kappa shape index (κ2) is 8.29. The number of benzene rings is 1. The smallest absolute Gasteiger partial charge is 0.317 e. The molecule has 0 spiro atoms. The topological polar surface area (TPSA) is 69.6 Å². The Labute approximate surface area is 126 Å². The van der Waals surface area contributed by atoms with Crippen molar-refractivity contribution >= 4 is 12.0 Å². The maximum atomic E-state index is 12.0. The minimum atomic E-state index is -0.829. The predicted octanol–water partition coefficient (Wildman–Crippen LogP) is 2.64. The van der Waals surface area contributed by atoms with Gasteiger partial charge in [-0.25, -0.2) is 4.79 Å². The summed E-state index contributed by atoms with van der Waals surface area (Å²) in [6, 6.07) is 7.76. The number of nitrogens with one attached hydrogen (secondary N) is 1. The highest BCUT2D eigenvalue weighted by atomic mass is 16.4. The summed E-state index contributed by atoms with van der Waals surface area (Å²) in [6.45, 7) is 4.87. The number of urea groups is 1. The summed E-state index contributed by atoms with van der Waals surface area (Å²) in [5.41, 5.74) is 2.25. The Kier molecular flexibility index (Phi) is 6.72. The standard InChI is InChI=1S/C16H24N2O3/c1-4-13(9-15(19)20)10-17-16(21)18(3)11-14-8-6-5-7-12(14)2/h5-8,13H,4,9-11H2,1-3H3,(H,17,21)(H,19,20). The van der Waals surface area contributed by atoms with Crippen LogP contribution in [0.25, 0.3) is 0 Å². The third kappa shape index (κ3) is 5.85. The van der Waals surface area contributed by atoms with Crippen molar-refractivity contribution in [3.8, 4) is 0 Å². The van der Waals surface area contributed by atoms with Crippen LogP contribution in [-0.4, -0.2) is 35.6 Å². The van der Waals surface area contributed by atoms with E-state index in [-0.39, 0.29) is 18.4 Å². The number of carbonyl (C=O) groups is 2. The highest BCUT2D eigenvalue weighted by Gasteiger charge is 2.15. The van der Waals surface area contributed by atoms with Crippen LogP contribution in [0.1, 0.15) is 30.9 Å². The fourth-order valence-corrected chi connectivity index (χ4v) is 2.09. The van der Waals surface area contributed by atoms with Crippen LogP contribution in [0.2, 0.25) is 0 Å². The molecule has 0 saturated heterocycles. The van der Waals surface area contributed by atoms with E-state index < -0.39 is 5.97 Å². The van der Waals surface area contributed by atoms with Crippen LogP contribution in [0.3, 0.4) is 0 Å². The number of amides is 2. The van der Waals surface area contributed by atoms with Crippen LogP contribution in [-0.2, 0) is 11.3 Å². The van der Waals surface area contributed by atoms with Crippen molar-refractivity contribution in [2.45, 2.75) is 33.2 Å². The van der Waals surface area contributed by atoms with Gasteiger partial charge in [-0.05, 0) is 24.0 Å². The largest absolute Gasteiger partial charge is 0.481 e. The Balaban J connectivity index is 2.47. The zero-order valence-electron chi connectivity index (χ0n) is 12.9. The van der Waals surface area contributed by atoms with E-state index in [2.05, 4.69) is 5.32 Å². The van der Waals surface area contributed by atoms with Crippen molar-refractivity contribution in [1.29, 1.82) is 0 Å². The Morgan fingerprint density at radius 3 is 2.57 bits per heavy atom. The van der Waals surface area contributed by atoms with Crippen molar-refractivity contribution in [3.05, 3.63) is 35.4 Å². The molecule has 0 bridgehead atoms. The number of rotatable bonds is 7. The number of nitrogens with zero attached hydrogens (tertiary/aromatic N) is 1. The zero-order valence-corrected chi connectivity index (χ0v) is 12.9. The number of hydrogen-bond donors (Lipinski definition) is 2. The predicted molar refractivity (Wildman–Crippen MR) is 82.1 cm³/mol. The van der Waals surface area contributed by atoms with E-state index in [9.17, 15) is 9.59 Å². The quantitative estimate of drug-likeness (QED) is 0.811. The van der Waals surface area contributed by atoms with Gasteiger partial charge in [0.25, 0.3) is 0 Å². The Morgan fingerprint density at radius 1 is 1.33 bits per heavy atom. The molecule has 1 aromatic carbocycles. The summed E-state index contributed by atoms with van der Waals surface area (Å²) in [4.78, 5) is 24.3. The van der Waals surface area contributed by atoms with Crippen LogP contribution in [0, 0.1) is 12.8 Å². The van der Waals surface area contributed by atoms with E-state index in [0.717, 1.165) is 17.5 Å². The molecule has 0 aliphatic carbocycles. The Bertz CT molecular complexity index is 488. The van der Waals surface area contributed by atoms with Gasteiger partial charge >= 0.3 is 12.0 Å². The van der Waals surface area contributed by atoms with E-state index >= 15 is 0 Å². The van der Waals surface area contributed by atoms with Crippen molar-refractivity contribution in [1.82, 2.24) is 10.2 Å². The average Bonchev–Trinajstić information content (AvgIpc) is 2.45. The molecule has 0 saturated carbocycles. The first-order valence-electron chi connectivity index (χ1n) is 7.19. The summed E-state index contributed by atoms with van der Waals surface area (Å²) in [5.74, 6) is -0.859. The van der Waals surface area contributed by atoms with Crippen molar-refractivity contribution in [2.24, 2.45) is 5.92 Å². The number of carboxylic acids is 1. The molecule has 5 heteroatoms. The summed E-state index contributed by atoms with van der Waals surface area (Å²) >= 11 is 0. The first-order chi connectivity index (χ1) is 9.93. The van der Waals surface area contributed by atoms with Crippen molar-refractivity contribution < 1.29 is 14.7 Å². The molecule has 21 heavy (non-hydrogen) atoms. The molecule has 1 aromatic rings. The van der Waals surface area contributed by atoms with Gasteiger partial charge in [0.15, 0.2) is 0 Å². The second-order valence-electron chi connectivity index (χ2n) is 5.34. The van der Waals surface area contributed by atoms with Gasteiger partial charge in [0.1, 0.15) is 0 Å². The van der Waals surface area contributed by atoms with Gasteiger partial charge in [0.2, 0.25) is 0 Å². The molecular formula is C16H24N2O3. The Morgan fingerprint density at radius 2 is 2.00 bits per heavy atom. The van der Waals surface area contributed by atoms with Gasteiger partial charge in [-0.15, -0.1) is 0 Å². The van der Waals surface area contributed by atoms with Gasteiger partial charge in [0, 0.05) is 26.6 Å². The lowest BCUT2D eigenvalue weighted by Gasteiger charge is -2.21. The van der Waals surface area contributed by atoms with Crippen LogP contribution in [0.4, 0.5) is 4.79 Å². The number of carbonyl (C=O) groups excluding carboxylic acids is 1. The normalized spacial score (nSPS) is 11.8. The third-order valence-electron chi connectivity index (χ3n) is 3.60. The molecule has 0 radical (unpaired) electrons. The van der Waals surface area contributed by atoms with Crippen LogP contribution in [0.5, 0.6) is 0 Å². The van der Waals surface area contributed by atoms with Crippen molar-refractivity contribution in [3.63, 3.8) is 0 Å². The van der Waals surface area contributed by atoms with E-state index in [4.69, 9.17) is 5.11 Å². The van der Waals surface area contributed by atoms with Gasteiger partial charge < -0.3 is 15.3 Å². The van der Waals surface area contributed by atoms with E-state index in [1.54, 1.807) is 11.9 Å². The number of hydrogen-bond acceptors (Lipinski definition) is 2. The van der Waals surface area contributed by atoms with Crippen LogP contribution >= 0.6 is 0 Å². The van der Waals surface area contributed by atoms with Gasteiger partial charge in [0.05, 0.1) is 0 Å². The molecule has 1 atom stereocenters. The third-order valence-corrected chi connectivity index (χ3v) is 3.60. The van der Waals surface area contributed by atoms with Gasteiger partial charge in [-0.3, -0.25) is 4.79 Å². The lowest BCUT2D eigenvalue weighted by molar-refractivity contribution is -0.138. The zero-order chi connectivity index (χ0) is 15.8. The SMILES string of the molecule is CCC(CNC(=O)N(C)Cc1ccccc1C)CC(=O)O. The van der Waals surface area contributed by atoms with Crippen LogP contribution in [0.15, 0.2) is 24.3 Å². The van der Waals surface area contributed by atoms with Crippen molar-refractivity contribution in [2.75, 3.05) is 13.6 Å². The first kappa shape index (κ1) is 17.0. The second-order valence-corrected chi connectivity index (χ2v) is 5.34. The minimum absolute atomic E-state index is 0.0293. The molecule has 116 valence electrons. The molecule has 1 unspecified atom stereocenters. The van der Waals surface area contributed by atoms with E-state index in [0.29, 0.717) is 13.1 Å². The first-order valence-corrected chi connectivity index (χ1v) is 7.19. The molecule has 0 heterocycles.